The van der Waals surface area contributed by atoms with Gasteiger partial charge in [-0.1, -0.05) is 18.2 Å². The molecule has 0 saturated carbocycles. The van der Waals surface area contributed by atoms with Crippen molar-refractivity contribution in [3.05, 3.63) is 29.3 Å². The molecule has 1 N–H and O–H groups in total. The lowest BCUT2D eigenvalue weighted by molar-refractivity contribution is 0.346. The summed E-state index contributed by atoms with van der Waals surface area (Å²) >= 11 is 0. The van der Waals surface area contributed by atoms with Gasteiger partial charge in [0.1, 0.15) is 0 Å². The highest BCUT2D eigenvalue weighted by molar-refractivity contribution is 5.58. The summed E-state index contributed by atoms with van der Waals surface area (Å²) in [6.07, 6.45) is 2.41. The molecule has 2 rings (SSSR count). The van der Waals surface area contributed by atoms with E-state index in [2.05, 4.69) is 56.1 Å². The predicted octanol–water partition coefficient (Wildman–Crippen LogP) is 3.27. The largest absolute Gasteiger partial charge is 0.371 e. The van der Waals surface area contributed by atoms with E-state index >= 15 is 0 Å². The first-order chi connectivity index (χ1) is 8.49. The lowest BCUT2D eigenvalue weighted by atomic mass is 9.97. The van der Waals surface area contributed by atoms with Crippen LogP contribution in [0.1, 0.15) is 37.8 Å². The van der Waals surface area contributed by atoms with Gasteiger partial charge in [0, 0.05) is 24.3 Å². The minimum Gasteiger partial charge on any atom is -0.371 e. The molecular weight excluding hydrogens is 220 g/mol. The fraction of sp³-hybridized carbons (Fsp3) is 0.625. The molecule has 0 amide bonds. The van der Waals surface area contributed by atoms with E-state index in [0.29, 0.717) is 0 Å². The molecule has 100 valence electrons. The Kier molecular flexibility index (Phi) is 3.96. The number of aryl methyl sites for hydroxylation is 2. The number of benzene rings is 1. The van der Waals surface area contributed by atoms with Crippen LogP contribution in [0.2, 0.25) is 0 Å². The first-order valence-electron chi connectivity index (χ1n) is 7.06. The molecule has 1 aromatic rings. The Morgan fingerprint density at radius 1 is 1.11 bits per heavy atom. The molecule has 2 heteroatoms. The molecule has 1 fully saturated rings. The van der Waals surface area contributed by atoms with Crippen molar-refractivity contribution in [3.8, 4) is 0 Å². The van der Waals surface area contributed by atoms with Crippen LogP contribution < -0.4 is 10.2 Å². The van der Waals surface area contributed by atoms with Crippen LogP contribution in [-0.2, 0) is 0 Å². The molecule has 0 atom stereocenters. The summed E-state index contributed by atoms with van der Waals surface area (Å²) in [7, 11) is 0. The first kappa shape index (κ1) is 13.4. The Labute approximate surface area is 111 Å². The monoisotopic (exact) mass is 246 g/mol. The van der Waals surface area contributed by atoms with Gasteiger partial charge < -0.3 is 10.2 Å². The molecule has 1 aromatic carbocycles. The van der Waals surface area contributed by atoms with E-state index in [1.165, 1.54) is 29.7 Å². The zero-order valence-corrected chi connectivity index (χ0v) is 12.2. The average molecular weight is 246 g/mol. The summed E-state index contributed by atoms with van der Waals surface area (Å²) in [5.74, 6) is 0. The molecule has 2 nitrogen and oxygen atoms in total. The Hall–Kier alpha value is -1.02. The van der Waals surface area contributed by atoms with E-state index in [1.54, 1.807) is 0 Å². The van der Waals surface area contributed by atoms with Gasteiger partial charge in [0.15, 0.2) is 0 Å². The molecule has 0 bridgehead atoms. The molecule has 0 unspecified atom stereocenters. The second-order valence-electron chi connectivity index (χ2n) is 6.14. The molecule has 18 heavy (non-hydrogen) atoms. The minimum atomic E-state index is 0.259. The Morgan fingerprint density at radius 2 is 1.78 bits per heavy atom. The molecule has 0 spiro atoms. The van der Waals surface area contributed by atoms with Gasteiger partial charge in [-0.25, -0.2) is 0 Å². The SMILES string of the molecule is Cc1cccc(C)c1N1CCCNC(C)(C)CC1. The number of para-hydroxylation sites is 1. The molecule has 1 aliphatic heterocycles. The highest BCUT2D eigenvalue weighted by Crippen LogP contribution is 2.26. The van der Waals surface area contributed by atoms with Gasteiger partial charge in [0.05, 0.1) is 0 Å². The van der Waals surface area contributed by atoms with Gasteiger partial charge in [0.25, 0.3) is 0 Å². The van der Waals surface area contributed by atoms with Gasteiger partial charge in [0.2, 0.25) is 0 Å². The van der Waals surface area contributed by atoms with Crippen molar-refractivity contribution >= 4 is 5.69 Å². The molecule has 0 radical (unpaired) electrons. The first-order valence-corrected chi connectivity index (χ1v) is 7.06. The van der Waals surface area contributed by atoms with Gasteiger partial charge in [-0.2, -0.15) is 0 Å². The lowest BCUT2D eigenvalue weighted by Gasteiger charge is -2.36. The van der Waals surface area contributed by atoms with E-state index in [9.17, 15) is 0 Å². The second-order valence-corrected chi connectivity index (χ2v) is 6.14. The maximum absolute atomic E-state index is 3.64. The van der Waals surface area contributed by atoms with Crippen molar-refractivity contribution in [2.75, 3.05) is 24.5 Å². The maximum atomic E-state index is 3.64. The lowest BCUT2D eigenvalue weighted by Crippen LogP contribution is -2.46. The van der Waals surface area contributed by atoms with Gasteiger partial charge in [-0.15, -0.1) is 0 Å². The van der Waals surface area contributed by atoms with E-state index in [1.807, 2.05) is 0 Å². The van der Waals surface area contributed by atoms with Crippen LogP contribution >= 0.6 is 0 Å². The van der Waals surface area contributed by atoms with Crippen LogP contribution in [0.3, 0.4) is 0 Å². The van der Waals surface area contributed by atoms with Crippen LogP contribution in [0.5, 0.6) is 0 Å². The fourth-order valence-electron chi connectivity index (χ4n) is 2.84. The smallest absolute Gasteiger partial charge is 0.0425 e. The van der Waals surface area contributed by atoms with Crippen molar-refractivity contribution in [2.24, 2.45) is 0 Å². The highest BCUT2D eigenvalue weighted by Gasteiger charge is 2.22. The summed E-state index contributed by atoms with van der Waals surface area (Å²) in [5, 5.41) is 3.64. The normalized spacial score (nSPS) is 20.3. The maximum Gasteiger partial charge on any atom is 0.0425 e. The fourth-order valence-corrected chi connectivity index (χ4v) is 2.84. The quantitative estimate of drug-likeness (QED) is 0.818. The number of nitrogens with zero attached hydrogens (tertiary/aromatic N) is 1. The minimum absolute atomic E-state index is 0.259. The van der Waals surface area contributed by atoms with Gasteiger partial charge in [-0.05, 0) is 58.2 Å². The Balaban J connectivity index is 2.21. The average Bonchev–Trinajstić information content (AvgIpc) is 2.28. The highest BCUT2D eigenvalue weighted by atomic mass is 15.1. The zero-order valence-electron chi connectivity index (χ0n) is 12.2. The van der Waals surface area contributed by atoms with Crippen LogP contribution in [0, 0.1) is 13.8 Å². The van der Waals surface area contributed by atoms with Crippen molar-refractivity contribution in [1.29, 1.82) is 0 Å². The van der Waals surface area contributed by atoms with Gasteiger partial charge >= 0.3 is 0 Å². The van der Waals surface area contributed by atoms with Crippen LogP contribution in [0.4, 0.5) is 5.69 Å². The topological polar surface area (TPSA) is 15.3 Å². The molecule has 1 heterocycles. The predicted molar refractivity (Wildman–Crippen MR) is 79.4 cm³/mol. The van der Waals surface area contributed by atoms with Crippen molar-refractivity contribution < 1.29 is 0 Å². The third kappa shape index (κ3) is 3.05. The van der Waals surface area contributed by atoms with Crippen LogP contribution in [0.15, 0.2) is 18.2 Å². The summed E-state index contributed by atoms with van der Waals surface area (Å²) in [6, 6.07) is 6.61. The number of anilines is 1. The number of hydrogen-bond donors (Lipinski definition) is 1. The summed E-state index contributed by atoms with van der Waals surface area (Å²) in [4.78, 5) is 2.58. The summed E-state index contributed by atoms with van der Waals surface area (Å²) in [5.41, 5.74) is 4.52. The van der Waals surface area contributed by atoms with Gasteiger partial charge in [-0.3, -0.25) is 0 Å². The van der Waals surface area contributed by atoms with E-state index in [-0.39, 0.29) is 5.54 Å². The molecule has 1 aliphatic rings. The number of hydrogen-bond acceptors (Lipinski definition) is 2. The summed E-state index contributed by atoms with van der Waals surface area (Å²) in [6.45, 7) is 12.5. The van der Waals surface area contributed by atoms with E-state index < -0.39 is 0 Å². The molecule has 0 aliphatic carbocycles. The zero-order chi connectivity index (χ0) is 13.2. The Morgan fingerprint density at radius 3 is 2.44 bits per heavy atom. The molecule has 1 saturated heterocycles. The Bertz CT molecular complexity index is 389. The van der Waals surface area contributed by atoms with Crippen molar-refractivity contribution in [2.45, 2.75) is 46.1 Å². The van der Waals surface area contributed by atoms with Crippen molar-refractivity contribution in [3.63, 3.8) is 0 Å². The second kappa shape index (κ2) is 5.31. The number of nitrogens with one attached hydrogen (secondary N) is 1. The molecule has 0 aromatic heterocycles. The third-order valence-corrected chi connectivity index (χ3v) is 3.97. The van der Waals surface area contributed by atoms with E-state index in [4.69, 9.17) is 0 Å². The van der Waals surface area contributed by atoms with Crippen LogP contribution in [0.25, 0.3) is 0 Å². The van der Waals surface area contributed by atoms with E-state index in [0.717, 1.165) is 19.6 Å². The standard InChI is InChI=1S/C16H26N2/c1-13-7-5-8-14(2)15(13)18-11-6-10-17-16(3,4)9-12-18/h5,7-8,17H,6,9-12H2,1-4H3. The molecular formula is C16H26N2. The van der Waals surface area contributed by atoms with Crippen molar-refractivity contribution in [1.82, 2.24) is 5.32 Å². The van der Waals surface area contributed by atoms with Crippen LogP contribution in [-0.4, -0.2) is 25.2 Å². The third-order valence-electron chi connectivity index (χ3n) is 3.97. The number of rotatable bonds is 1. The summed E-state index contributed by atoms with van der Waals surface area (Å²) < 4.78 is 0.